The van der Waals surface area contributed by atoms with Crippen LogP contribution in [0.1, 0.15) is 25.5 Å². The lowest BCUT2D eigenvalue weighted by molar-refractivity contribution is -0.121. The fourth-order valence-corrected chi connectivity index (χ4v) is 1.12. The molecule has 1 aromatic heterocycles. The van der Waals surface area contributed by atoms with Crippen molar-refractivity contribution >= 4 is 5.91 Å². The van der Waals surface area contributed by atoms with Crippen molar-refractivity contribution in [2.24, 2.45) is 0 Å². The number of aromatic nitrogens is 2. The van der Waals surface area contributed by atoms with E-state index in [4.69, 9.17) is 4.74 Å². The van der Waals surface area contributed by atoms with Crippen molar-refractivity contribution in [3.8, 4) is 0 Å². The Morgan fingerprint density at radius 2 is 2.53 bits per heavy atom. The second kappa shape index (κ2) is 6.19. The van der Waals surface area contributed by atoms with Crippen LogP contribution in [0.4, 0.5) is 0 Å². The number of hydrogen-bond donors (Lipinski definition) is 2. The van der Waals surface area contributed by atoms with Gasteiger partial charge in [0.05, 0.1) is 18.3 Å². The number of aromatic amines is 1. The second-order valence-corrected chi connectivity index (χ2v) is 3.44. The Bertz CT molecular complexity index is 285. The Morgan fingerprint density at radius 1 is 1.73 bits per heavy atom. The molecule has 2 N–H and O–H groups in total. The molecule has 0 saturated carbocycles. The molecule has 5 heteroatoms. The minimum Gasteiger partial charge on any atom is -0.382 e. The van der Waals surface area contributed by atoms with E-state index in [0.717, 1.165) is 12.1 Å². The molecule has 1 unspecified atom stereocenters. The molecule has 0 bridgehead atoms. The maximum Gasteiger partial charge on any atom is 0.220 e. The first kappa shape index (κ1) is 11.7. The number of methoxy groups -OCH3 is 1. The van der Waals surface area contributed by atoms with Gasteiger partial charge in [0, 0.05) is 19.7 Å². The third kappa shape index (κ3) is 4.60. The molecule has 1 amide bonds. The predicted molar refractivity (Wildman–Crippen MR) is 56.1 cm³/mol. The number of nitrogens with zero attached hydrogens (tertiary/aromatic N) is 1. The number of rotatable bonds is 6. The highest BCUT2D eigenvalue weighted by atomic mass is 16.5. The van der Waals surface area contributed by atoms with Crippen LogP contribution in [0, 0.1) is 0 Å². The van der Waals surface area contributed by atoms with Crippen molar-refractivity contribution in [2.45, 2.75) is 32.4 Å². The third-order valence-electron chi connectivity index (χ3n) is 2.21. The van der Waals surface area contributed by atoms with Gasteiger partial charge in [-0.2, -0.15) is 5.10 Å². The monoisotopic (exact) mass is 211 g/mol. The molecule has 1 heterocycles. The number of hydrogen-bond acceptors (Lipinski definition) is 3. The lowest BCUT2D eigenvalue weighted by Crippen LogP contribution is -2.24. The summed E-state index contributed by atoms with van der Waals surface area (Å²) in [6.07, 6.45) is 3.02. The molecule has 15 heavy (non-hydrogen) atoms. The number of carbonyl (C=O) groups is 1. The summed E-state index contributed by atoms with van der Waals surface area (Å²) in [5.74, 6) is 0.0356. The standard InChI is InChI=1S/C10H17N3O2/c1-8(15-2)3-4-10(14)11-7-9-5-6-12-13-9/h5-6,8H,3-4,7H2,1-2H3,(H,11,14)(H,12,13). The molecule has 0 aromatic carbocycles. The van der Waals surface area contributed by atoms with Crippen LogP contribution in [0.5, 0.6) is 0 Å². The lowest BCUT2D eigenvalue weighted by atomic mass is 10.2. The number of ether oxygens (including phenoxy) is 1. The van der Waals surface area contributed by atoms with E-state index >= 15 is 0 Å². The molecular formula is C10H17N3O2. The van der Waals surface area contributed by atoms with Gasteiger partial charge in [-0.25, -0.2) is 0 Å². The molecule has 0 aliphatic carbocycles. The minimum atomic E-state index is 0.0356. The number of amides is 1. The average Bonchev–Trinajstić information content (AvgIpc) is 2.75. The van der Waals surface area contributed by atoms with Gasteiger partial charge in [0.25, 0.3) is 0 Å². The fourth-order valence-electron chi connectivity index (χ4n) is 1.12. The number of nitrogens with one attached hydrogen (secondary N) is 2. The predicted octanol–water partition coefficient (Wildman–Crippen LogP) is 0.841. The summed E-state index contributed by atoms with van der Waals surface area (Å²) in [5, 5.41) is 9.37. The van der Waals surface area contributed by atoms with E-state index in [1.54, 1.807) is 13.3 Å². The van der Waals surface area contributed by atoms with Gasteiger partial charge in [-0.05, 0) is 19.4 Å². The number of carbonyl (C=O) groups excluding carboxylic acids is 1. The van der Waals surface area contributed by atoms with Crippen molar-refractivity contribution in [1.82, 2.24) is 15.5 Å². The highest BCUT2D eigenvalue weighted by Crippen LogP contribution is 2.00. The van der Waals surface area contributed by atoms with Crippen LogP contribution in [-0.4, -0.2) is 29.3 Å². The molecule has 1 atom stereocenters. The van der Waals surface area contributed by atoms with Gasteiger partial charge >= 0.3 is 0 Å². The molecule has 1 rings (SSSR count). The average molecular weight is 211 g/mol. The van der Waals surface area contributed by atoms with E-state index < -0.39 is 0 Å². The first-order valence-electron chi connectivity index (χ1n) is 5.00. The Labute approximate surface area is 89.2 Å². The van der Waals surface area contributed by atoms with E-state index in [9.17, 15) is 4.79 Å². The van der Waals surface area contributed by atoms with E-state index in [2.05, 4.69) is 15.5 Å². The molecule has 0 saturated heterocycles. The summed E-state index contributed by atoms with van der Waals surface area (Å²) in [6.45, 7) is 2.45. The molecule has 5 nitrogen and oxygen atoms in total. The topological polar surface area (TPSA) is 67.0 Å². The zero-order valence-electron chi connectivity index (χ0n) is 9.12. The molecule has 0 aliphatic rings. The lowest BCUT2D eigenvalue weighted by Gasteiger charge is -2.08. The summed E-state index contributed by atoms with van der Waals surface area (Å²) in [4.78, 5) is 11.4. The summed E-state index contributed by atoms with van der Waals surface area (Å²) in [6, 6.07) is 1.83. The van der Waals surface area contributed by atoms with Gasteiger partial charge in [-0.15, -0.1) is 0 Å². The maximum absolute atomic E-state index is 11.4. The fraction of sp³-hybridized carbons (Fsp3) is 0.600. The first-order chi connectivity index (χ1) is 7.22. The van der Waals surface area contributed by atoms with Gasteiger partial charge < -0.3 is 10.1 Å². The molecule has 84 valence electrons. The Kier molecular flexibility index (Phi) is 4.83. The zero-order chi connectivity index (χ0) is 11.1. The van der Waals surface area contributed by atoms with E-state index in [-0.39, 0.29) is 12.0 Å². The van der Waals surface area contributed by atoms with Gasteiger partial charge in [-0.1, -0.05) is 0 Å². The van der Waals surface area contributed by atoms with Gasteiger partial charge in [0.2, 0.25) is 5.91 Å². The molecule has 1 aromatic rings. The van der Waals surface area contributed by atoms with Crippen LogP contribution < -0.4 is 5.32 Å². The molecule has 0 aliphatic heterocycles. The van der Waals surface area contributed by atoms with Crippen molar-refractivity contribution in [2.75, 3.05) is 7.11 Å². The highest BCUT2D eigenvalue weighted by molar-refractivity contribution is 5.75. The summed E-state index contributed by atoms with van der Waals surface area (Å²) in [5.41, 5.74) is 0.906. The van der Waals surface area contributed by atoms with Crippen molar-refractivity contribution in [1.29, 1.82) is 0 Å². The van der Waals surface area contributed by atoms with Crippen LogP contribution in [0.15, 0.2) is 12.3 Å². The Hall–Kier alpha value is -1.36. The van der Waals surface area contributed by atoms with E-state index in [1.165, 1.54) is 0 Å². The molecule has 0 radical (unpaired) electrons. The SMILES string of the molecule is COC(C)CCC(=O)NCc1ccn[nH]1. The van der Waals surface area contributed by atoms with Crippen LogP contribution >= 0.6 is 0 Å². The zero-order valence-corrected chi connectivity index (χ0v) is 9.12. The van der Waals surface area contributed by atoms with Crippen molar-refractivity contribution in [3.63, 3.8) is 0 Å². The van der Waals surface area contributed by atoms with Gasteiger partial charge in [0.1, 0.15) is 0 Å². The van der Waals surface area contributed by atoms with Crippen LogP contribution in [0.25, 0.3) is 0 Å². The summed E-state index contributed by atoms with van der Waals surface area (Å²) < 4.78 is 5.05. The maximum atomic E-state index is 11.4. The van der Waals surface area contributed by atoms with Crippen LogP contribution in [0.2, 0.25) is 0 Å². The quantitative estimate of drug-likeness (QED) is 0.732. The highest BCUT2D eigenvalue weighted by Gasteiger charge is 2.05. The molecule has 0 fully saturated rings. The molecular weight excluding hydrogens is 194 g/mol. The Morgan fingerprint density at radius 3 is 3.13 bits per heavy atom. The van der Waals surface area contributed by atoms with Crippen molar-refractivity contribution in [3.05, 3.63) is 18.0 Å². The molecule has 0 spiro atoms. The largest absolute Gasteiger partial charge is 0.382 e. The first-order valence-corrected chi connectivity index (χ1v) is 5.00. The number of H-pyrrole nitrogens is 1. The third-order valence-corrected chi connectivity index (χ3v) is 2.21. The second-order valence-electron chi connectivity index (χ2n) is 3.44. The van der Waals surface area contributed by atoms with Gasteiger partial charge in [0.15, 0.2) is 0 Å². The van der Waals surface area contributed by atoms with Crippen LogP contribution in [-0.2, 0) is 16.1 Å². The van der Waals surface area contributed by atoms with E-state index in [1.807, 2.05) is 13.0 Å². The summed E-state index contributed by atoms with van der Waals surface area (Å²) in [7, 11) is 1.65. The Balaban J connectivity index is 2.14. The smallest absolute Gasteiger partial charge is 0.220 e. The van der Waals surface area contributed by atoms with Gasteiger partial charge in [-0.3, -0.25) is 9.89 Å². The van der Waals surface area contributed by atoms with E-state index in [0.29, 0.717) is 13.0 Å². The normalized spacial score (nSPS) is 12.4. The summed E-state index contributed by atoms with van der Waals surface area (Å²) >= 11 is 0. The minimum absolute atomic E-state index is 0.0356. The van der Waals surface area contributed by atoms with Crippen molar-refractivity contribution < 1.29 is 9.53 Å². The van der Waals surface area contributed by atoms with Crippen LogP contribution in [0.3, 0.4) is 0 Å².